The summed E-state index contributed by atoms with van der Waals surface area (Å²) in [7, 11) is 1.36. The first-order valence-corrected chi connectivity index (χ1v) is 8.94. The molecule has 5 heteroatoms. The van der Waals surface area contributed by atoms with Crippen molar-refractivity contribution >= 4 is 23.4 Å². The lowest BCUT2D eigenvalue weighted by molar-refractivity contribution is -0.147. The van der Waals surface area contributed by atoms with Gasteiger partial charge in [-0.25, -0.2) is 0 Å². The number of ketones is 1. The molecule has 1 saturated heterocycles. The van der Waals surface area contributed by atoms with Crippen molar-refractivity contribution in [2.45, 2.75) is 31.8 Å². The maximum atomic E-state index is 13.2. The zero-order valence-corrected chi connectivity index (χ0v) is 15.8. The molecule has 1 heterocycles. The number of methoxy groups -OCH3 is 1. The third-order valence-corrected chi connectivity index (χ3v) is 5.29. The molecule has 1 aliphatic heterocycles. The largest absolute Gasteiger partial charge is 0.468 e. The lowest BCUT2D eigenvalue weighted by Crippen LogP contribution is -2.45. The highest BCUT2D eigenvalue weighted by molar-refractivity contribution is 6.30. The molecule has 4 nitrogen and oxygen atoms in total. The topological polar surface area (TPSA) is 55.4 Å². The Bertz CT molecular complexity index is 816. The first kappa shape index (κ1) is 18.6. The summed E-state index contributed by atoms with van der Waals surface area (Å²) in [6.07, 6.45) is 0.375. The summed E-state index contributed by atoms with van der Waals surface area (Å²) >= 11 is 6.00. The Morgan fingerprint density at radius 2 is 1.73 bits per heavy atom. The monoisotopic (exact) mass is 371 g/mol. The number of hydrogen-bond acceptors (Lipinski definition) is 4. The van der Waals surface area contributed by atoms with E-state index in [0.29, 0.717) is 17.0 Å². The Hall–Kier alpha value is -2.17. The average molecular weight is 372 g/mol. The molecule has 0 spiro atoms. The van der Waals surface area contributed by atoms with Crippen molar-refractivity contribution < 1.29 is 14.3 Å². The van der Waals surface area contributed by atoms with Gasteiger partial charge in [-0.15, -0.1) is 0 Å². The molecule has 0 radical (unpaired) electrons. The van der Waals surface area contributed by atoms with E-state index in [4.69, 9.17) is 16.3 Å². The molecule has 2 aromatic carbocycles. The van der Waals surface area contributed by atoms with Gasteiger partial charge in [0.25, 0.3) is 0 Å². The lowest BCUT2D eigenvalue weighted by Gasteiger charge is -2.22. The van der Waals surface area contributed by atoms with E-state index >= 15 is 0 Å². The van der Waals surface area contributed by atoms with Crippen LogP contribution < -0.4 is 5.32 Å². The number of nitrogens with one attached hydrogen (secondary N) is 1. The zero-order valence-electron chi connectivity index (χ0n) is 15.1. The number of carbonyl (C=O) groups is 2. The maximum Gasteiger partial charge on any atom is 0.325 e. The Morgan fingerprint density at radius 1 is 1.12 bits per heavy atom. The van der Waals surface area contributed by atoms with Gasteiger partial charge in [0.1, 0.15) is 5.54 Å². The standard InChI is InChI=1S/C21H22ClNO3/c1-13-4-6-15(7-5-13)19(24)17-12-21(2,20(25)26-3)23-18(17)14-8-10-16(22)11-9-14/h4-11,17-18,23H,12H2,1-3H3/t17-,18-,21-/m1/s1. The van der Waals surface area contributed by atoms with Gasteiger partial charge in [-0.05, 0) is 38.0 Å². The van der Waals surface area contributed by atoms with E-state index < -0.39 is 5.54 Å². The predicted octanol–water partition coefficient (Wildman–Crippen LogP) is 4.11. The average Bonchev–Trinajstić information content (AvgIpc) is 3.00. The SMILES string of the molecule is COC(=O)[C@@]1(C)C[C@@H](C(=O)c2ccc(C)cc2)[C@@H](c2ccc(Cl)cc2)N1. The van der Waals surface area contributed by atoms with Crippen molar-refractivity contribution in [1.82, 2.24) is 5.32 Å². The molecule has 0 saturated carbocycles. The Labute approximate surface area is 158 Å². The Balaban J connectivity index is 1.98. The number of halogens is 1. The Kier molecular flexibility index (Phi) is 5.17. The molecule has 1 fully saturated rings. The molecule has 1 N–H and O–H groups in total. The van der Waals surface area contributed by atoms with Crippen LogP contribution in [0.4, 0.5) is 0 Å². The van der Waals surface area contributed by atoms with Crippen LogP contribution in [0.25, 0.3) is 0 Å². The van der Waals surface area contributed by atoms with Gasteiger partial charge in [0, 0.05) is 22.5 Å². The summed E-state index contributed by atoms with van der Waals surface area (Å²) in [6, 6.07) is 14.6. The van der Waals surface area contributed by atoms with Gasteiger partial charge in [-0.2, -0.15) is 0 Å². The number of ether oxygens (including phenoxy) is 1. The van der Waals surface area contributed by atoms with Crippen LogP contribution in [-0.2, 0) is 9.53 Å². The fourth-order valence-electron chi connectivity index (χ4n) is 3.59. The summed E-state index contributed by atoms with van der Waals surface area (Å²) in [5.74, 6) is -0.719. The van der Waals surface area contributed by atoms with E-state index in [9.17, 15) is 9.59 Å². The molecule has 26 heavy (non-hydrogen) atoms. The quantitative estimate of drug-likeness (QED) is 0.649. The number of hydrogen-bond donors (Lipinski definition) is 1. The number of rotatable bonds is 4. The molecular formula is C21H22ClNO3. The lowest BCUT2D eigenvalue weighted by atomic mass is 9.84. The number of benzene rings is 2. The molecule has 0 unspecified atom stereocenters. The number of Topliss-reactive ketones (excluding diaryl/α,β-unsaturated/α-hetero) is 1. The Morgan fingerprint density at radius 3 is 2.31 bits per heavy atom. The van der Waals surface area contributed by atoms with E-state index in [2.05, 4.69) is 5.32 Å². The highest BCUT2D eigenvalue weighted by Gasteiger charge is 2.50. The van der Waals surface area contributed by atoms with Gasteiger partial charge in [0.15, 0.2) is 5.78 Å². The molecule has 0 aromatic heterocycles. The van der Waals surface area contributed by atoms with Crippen LogP contribution in [0, 0.1) is 12.8 Å². The molecule has 0 bridgehead atoms. The highest BCUT2D eigenvalue weighted by atomic mass is 35.5. The van der Waals surface area contributed by atoms with Gasteiger partial charge in [-0.3, -0.25) is 14.9 Å². The van der Waals surface area contributed by atoms with Gasteiger partial charge in [0.2, 0.25) is 0 Å². The normalized spacial score (nSPS) is 25.1. The first-order valence-electron chi connectivity index (χ1n) is 8.56. The minimum atomic E-state index is -0.913. The van der Waals surface area contributed by atoms with E-state index in [0.717, 1.165) is 11.1 Å². The smallest absolute Gasteiger partial charge is 0.325 e. The second kappa shape index (κ2) is 7.22. The van der Waals surface area contributed by atoms with E-state index in [1.165, 1.54) is 7.11 Å². The second-order valence-corrected chi connectivity index (χ2v) is 7.47. The summed E-state index contributed by atoms with van der Waals surface area (Å²) in [5.41, 5.74) is 1.76. The molecular weight excluding hydrogens is 350 g/mol. The van der Waals surface area contributed by atoms with Crippen LogP contribution in [0.1, 0.15) is 40.9 Å². The van der Waals surface area contributed by atoms with Crippen molar-refractivity contribution in [1.29, 1.82) is 0 Å². The van der Waals surface area contributed by atoms with Crippen molar-refractivity contribution in [2.24, 2.45) is 5.92 Å². The molecule has 2 aromatic rings. The molecule has 0 amide bonds. The summed E-state index contributed by atoms with van der Waals surface area (Å²) in [5, 5.41) is 3.96. The zero-order chi connectivity index (χ0) is 18.9. The maximum absolute atomic E-state index is 13.2. The van der Waals surface area contributed by atoms with Crippen LogP contribution in [-0.4, -0.2) is 24.4 Å². The van der Waals surface area contributed by atoms with Crippen molar-refractivity contribution in [2.75, 3.05) is 7.11 Å². The van der Waals surface area contributed by atoms with Crippen LogP contribution in [0.3, 0.4) is 0 Å². The third kappa shape index (κ3) is 3.53. The molecule has 3 atom stereocenters. The highest BCUT2D eigenvalue weighted by Crippen LogP contribution is 2.40. The van der Waals surface area contributed by atoms with Gasteiger partial charge in [-0.1, -0.05) is 53.6 Å². The van der Waals surface area contributed by atoms with Gasteiger partial charge >= 0.3 is 5.97 Å². The van der Waals surface area contributed by atoms with Crippen LogP contribution in [0.15, 0.2) is 48.5 Å². The fraction of sp³-hybridized carbons (Fsp3) is 0.333. The number of aryl methyl sites for hydroxylation is 1. The van der Waals surface area contributed by atoms with E-state index in [1.54, 1.807) is 19.1 Å². The van der Waals surface area contributed by atoms with Crippen molar-refractivity contribution in [3.63, 3.8) is 0 Å². The summed E-state index contributed by atoms with van der Waals surface area (Å²) in [6.45, 7) is 3.76. The first-order chi connectivity index (χ1) is 12.3. The van der Waals surface area contributed by atoms with Crippen LogP contribution in [0.5, 0.6) is 0 Å². The van der Waals surface area contributed by atoms with Crippen LogP contribution >= 0.6 is 11.6 Å². The van der Waals surface area contributed by atoms with Gasteiger partial charge < -0.3 is 4.74 Å². The molecule has 0 aliphatic carbocycles. The molecule has 136 valence electrons. The summed E-state index contributed by atoms with van der Waals surface area (Å²) in [4.78, 5) is 25.5. The third-order valence-electron chi connectivity index (χ3n) is 5.04. The molecule has 1 aliphatic rings. The number of carbonyl (C=O) groups excluding carboxylic acids is 2. The number of esters is 1. The second-order valence-electron chi connectivity index (χ2n) is 7.04. The minimum Gasteiger partial charge on any atom is -0.468 e. The van der Waals surface area contributed by atoms with E-state index in [-0.39, 0.29) is 23.7 Å². The minimum absolute atomic E-state index is 0.0186. The predicted molar refractivity (Wildman–Crippen MR) is 101 cm³/mol. The van der Waals surface area contributed by atoms with Crippen molar-refractivity contribution in [3.05, 3.63) is 70.2 Å². The molecule has 3 rings (SSSR count). The summed E-state index contributed by atoms with van der Waals surface area (Å²) < 4.78 is 4.96. The fourth-order valence-corrected chi connectivity index (χ4v) is 3.72. The van der Waals surface area contributed by atoms with Crippen molar-refractivity contribution in [3.8, 4) is 0 Å². The van der Waals surface area contributed by atoms with E-state index in [1.807, 2.05) is 43.3 Å². The van der Waals surface area contributed by atoms with Gasteiger partial charge in [0.05, 0.1) is 7.11 Å². The van der Waals surface area contributed by atoms with Crippen LogP contribution in [0.2, 0.25) is 5.02 Å².